The number of carbonyl (C=O) groups excluding carboxylic acids is 2. The molecule has 2 aromatic rings. The molecule has 0 fully saturated rings. The maximum absolute atomic E-state index is 12.8. The number of halogens is 1. The molecule has 0 radical (unpaired) electrons. The highest BCUT2D eigenvalue weighted by molar-refractivity contribution is 7.14. The Balaban J connectivity index is 2.10. The van der Waals surface area contributed by atoms with Crippen molar-refractivity contribution in [1.29, 1.82) is 0 Å². The van der Waals surface area contributed by atoms with Crippen molar-refractivity contribution in [3.63, 3.8) is 0 Å². The Morgan fingerprint density at radius 2 is 2.00 bits per heavy atom. The lowest BCUT2D eigenvalue weighted by Gasteiger charge is -2.14. The predicted molar refractivity (Wildman–Crippen MR) is 85.6 cm³/mol. The van der Waals surface area contributed by atoms with Gasteiger partial charge in [0.25, 0.3) is 0 Å². The summed E-state index contributed by atoms with van der Waals surface area (Å²) in [5.41, 5.74) is 1.02. The van der Waals surface area contributed by atoms with Crippen LogP contribution in [0.3, 0.4) is 0 Å². The fraction of sp³-hybridized carbons (Fsp3) is 0.188. The van der Waals surface area contributed by atoms with Gasteiger partial charge in [-0.05, 0) is 43.3 Å². The zero-order chi connectivity index (χ0) is 16.1. The van der Waals surface area contributed by atoms with Crippen LogP contribution in [-0.4, -0.2) is 23.2 Å². The fourth-order valence-electron chi connectivity index (χ4n) is 1.84. The average molecular weight is 318 g/mol. The SMILES string of the molecule is CCN(C(C)=O)c1nc(/C=C/C(=O)c2ccc(F)cc2)cs1. The third-order valence-electron chi connectivity index (χ3n) is 2.97. The molecule has 0 atom stereocenters. The number of nitrogens with zero attached hydrogens (tertiary/aromatic N) is 2. The summed E-state index contributed by atoms with van der Waals surface area (Å²) in [5.74, 6) is -0.684. The highest BCUT2D eigenvalue weighted by Gasteiger charge is 2.12. The summed E-state index contributed by atoms with van der Waals surface area (Å²) >= 11 is 1.34. The van der Waals surface area contributed by atoms with Gasteiger partial charge in [0, 0.05) is 24.4 Å². The van der Waals surface area contributed by atoms with Crippen LogP contribution < -0.4 is 4.90 Å². The van der Waals surface area contributed by atoms with E-state index in [1.54, 1.807) is 16.4 Å². The number of amides is 1. The molecule has 0 saturated heterocycles. The van der Waals surface area contributed by atoms with E-state index in [0.717, 1.165) is 0 Å². The van der Waals surface area contributed by atoms with E-state index in [4.69, 9.17) is 0 Å². The first-order valence-corrected chi connectivity index (χ1v) is 7.61. The summed E-state index contributed by atoms with van der Waals surface area (Å²) in [6, 6.07) is 5.36. The molecule has 1 aromatic carbocycles. The van der Waals surface area contributed by atoms with Gasteiger partial charge in [0.05, 0.1) is 5.69 Å². The second-order valence-electron chi connectivity index (χ2n) is 4.52. The molecule has 0 aliphatic carbocycles. The van der Waals surface area contributed by atoms with Crippen molar-refractivity contribution in [3.8, 4) is 0 Å². The zero-order valence-electron chi connectivity index (χ0n) is 12.2. The molecule has 0 bridgehead atoms. The van der Waals surface area contributed by atoms with Gasteiger partial charge in [-0.15, -0.1) is 11.3 Å². The van der Waals surface area contributed by atoms with Gasteiger partial charge in [0.1, 0.15) is 5.82 Å². The van der Waals surface area contributed by atoms with Gasteiger partial charge in [-0.25, -0.2) is 9.37 Å². The van der Waals surface area contributed by atoms with Crippen molar-refractivity contribution < 1.29 is 14.0 Å². The average Bonchev–Trinajstić information content (AvgIpc) is 2.94. The lowest BCUT2D eigenvalue weighted by molar-refractivity contribution is -0.116. The molecule has 0 spiro atoms. The van der Waals surface area contributed by atoms with Gasteiger partial charge < -0.3 is 0 Å². The number of thiazole rings is 1. The van der Waals surface area contributed by atoms with E-state index in [0.29, 0.717) is 22.9 Å². The van der Waals surface area contributed by atoms with E-state index < -0.39 is 0 Å². The molecule has 4 nitrogen and oxygen atoms in total. The number of aromatic nitrogens is 1. The van der Waals surface area contributed by atoms with Crippen molar-refractivity contribution in [2.24, 2.45) is 0 Å². The Morgan fingerprint density at radius 1 is 1.32 bits per heavy atom. The summed E-state index contributed by atoms with van der Waals surface area (Å²) in [6.07, 6.45) is 2.97. The van der Waals surface area contributed by atoms with E-state index in [1.807, 2.05) is 6.92 Å². The molecule has 1 heterocycles. The number of allylic oxidation sites excluding steroid dienone is 1. The van der Waals surface area contributed by atoms with Crippen molar-refractivity contribution in [2.45, 2.75) is 13.8 Å². The van der Waals surface area contributed by atoms with Gasteiger partial charge in [-0.1, -0.05) is 0 Å². The normalized spacial score (nSPS) is 10.9. The van der Waals surface area contributed by atoms with Gasteiger partial charge >= 0.3 is 0 Å². The summed E-state index contributed by atoms with van der Waals surface area (Å²) in [6.45, 7) is 3.90. The Labute approximate surface area is 131 Å². The van der Waals surface area contributed by atoms with E-state index >= 15 is 0 Å². The first-order chi connectivity index (χ1) is 10.5. The molecule has 0 saturated carbocycles. The highest BCUT2D eigenvalue weighted by Crippen LogP contribution is 2.21. The van der Waals surface area contributed by atoms with Crippen LogP contribution in [0.15, 0.2) is 35.7 Å². The highest BCUT2D eigenvalue weighted by atomic mass is 32.1. The molecule has 114 valence electrons. The Hall–Kier alpha value is -2.34. The topological polar surface area (TPSA) is 50.3 Å². The smallest absolute Gasteiger partial charge is 0.225 e. The van der Waals surface area contributed by atoms with E-state index in [1.165, 1.54) is 48.6 Å². The van der Waals surface area contributed by atoms with Gasteiger partial charge in [-0.3, -0.25) is 14.5 Å². The zero-order valence-corrected chi connectivity index (χ0v) is 13.1. The van der Waals surface area contributed by atoms with Crippen molar-refractivity contribution in [3.05, 3.63) is 52.8 Å². The third kappa shape index (κ3) is 3.85. The summed E-state index contributed by atoms with van der Waals surface area (Å²) in [7, 11) is 0. The number of benzene rings is 1. The lowest BCUT2D eigenvalue weighted by Crippen LogP contribution is -2.27. The number of rotatable bonds is 5. The molecule has 0 aliphatic rings. The molecular formula is C16H15FN2O2S. The number of hydrogen-bond donors (Lipinski definition) is 0. The minimum atomic E-state index is -0.381. The first-order valence-electron chi connectivity index (χ1n) is 6.73. The number of anilines is 1. The fourth-order valence-corrected chi connectivity index (χ4v) is 2.74. The molecule has 0 N–H and O–H groups in total. The van der Waals surface area contributed by atoms with Crippen LogP contribution >= 0.6 is 11.3 Å². The molecule has 6 heteroatoms. The number of carbonyl (C=O) groups is 2. The second kappa shape index (κ2) is 7.09. The van der Waals surface area contributed by atoms with Crippen LogP contribution in [0.5, 0.6) is 0 Å². The summed E-state index contributed by atoms with van der Waals surface area (Å²) in [4.78, 5) is 29.3. The molecule has 0 unspecified atom stereocenters. The van der Waals surface area contributed by atoms with Crippen LogP contribution in [0.25, 0.3) is 6.08 Å². The van der Waals surface area contributed by atoms with Crippen LogP contribution in [0.2, 0.25) is 0 Å². The van der Waals surface area contributed by atoms with Gasteiger partial charge in [-0.2, -0.15) is 0 Å². The Kier molecular flexibility index (Phi) is 5.16. The molecular weight excluding hydrogens is 303 g/mol. The maximum Gasteiger partial charge on any atom is 0.225 e. The van der Waals surface area contributed by atoms with Crippen LogP contribution in [0.1, 0.15) is 29.9 Å². The van der Waals surface area contributed by atoms with Crippen molar-refractivity contribution in [1.82, 2.24) is 4.98 Å². The van der Waals surface area contributed by atoms with Crippen LogP contribution in [0, 0.1) is 5.82 Å². The molecule has 1 aromatic heterocycles. The second-order valence-corrected chi connectivity index (χ2v) is 5.36. The van der Waals surface area contributed by atoms with Crippen LogP contribution in [0.4, 0.5) is 9.52 Å². The lowest BCUT2D eigenvalue weighted by atomic mass is 10.1. The predicted octanol–water partition coefficient (Wildman–Crippen LogP) is 3.55. The molecule has 1 amide bonds. The van der Waals surface area contributed by atoms with Crippen molar-refractivity contribution in [2.75, 3.05) is 11.4 Å². The quantitative estimate of drug-likeness (QED) is 0.626. The molecule has 22 heavy (non-hydrogen) atoms. The van der Waals surface area contributed by atoms with E-state index in [9.17, 15) is 14.0 Å². The minimum Gasteiger partial charge on any atom is -0.289 e. The van der Waals surface area contributed by atoms with Gasteiger partial charge in [0.2, 0.25) is 5.91 Å². The largest absolute Gasteiger partial charge is 0.289 e. The monoisotopic (exact) mass is 318 g/mol. The van der Waals surface area contributed by atoms with Crippen LogP contribution in [-0.2, 0) is 4.79 Å². The number of hydrogen-bond acceptors (Lipinski definition) is 4. The Morgan fingerprint density at radius 3 is 2.59 bits per heavy atom. The van der Waals surface area contributed by atoms with Crippen molar-refractivity contribution >= 4 is 34.2 Å². The molecule has 2 rings (SSSR count). The van der Waals surface area contributed by atoms with Gasteiger partial charge in [0.15, 0.2) is 10.9 Å². The van der Waals surface area contributed by atoms with E-state index in [-0.39, 0.29) is 17.5 Å². The van der Waals surface area contributed by atoms with E-state index in [2.05, 4.69) is 4.98 Å². The third-order valence-corrected chi connectivity index (χ3v) is 3.85. The molecule has 0 aliphatic heterocycles. The first kappa shape index (κ1) is 16.0. The summed E-state index contributed by atoms with van der Waals surface area (Å²) < 4.78 is 12.8. The maximum atomic E-state index is 12.8. The standard InChI is InChI=1S/C16H15FN2O2S/c1-3-19(11(2)20)16-18-14(10-22-16)8-9-15(21)12-4-6-13(17)7-5-12/h4-10H,3H2,1-2H3/b9-8+. The minimum absolute atomic E-state index is 0.0743. The number of ketones is 1. The Bertz CT molecular complexity index is 707. The summed E-state index contributed by atoms with van der Waals surface area (Å²) in [5, 5.41) is 2.37.